The number of carbonyl (C=O) groups excluding carboxylic acids is 1. The lowest BCUT2D eigenvalue weighted by atomic mass is 9.75. The third-order valence-electron chi connectivity index (χ3n) is 5.85. The Labute approximate surface area is 175 Å². The van der Waals surface area contributed by atoms with E-state index < -0.39 is 5.41 Å². The van der Waals surface area contributed by atoms with Crippen molar-refractivity contribution in [1.29, 1.82) is 5.26 Å². The number of hydrogen-bond acceptors (Lipinski definition) is 3. The van der Waals surface area contributed by atoms with Crippen molar-refractivity contribution in [3.63, 3.8) is 0 Å². The van der Waals surface area contributed by atoms with Gasteiger partial charge >= 0.3 is 0 Å². The quantitative estimate of drug-likeness (QED) is 0.628. The summed E-state index contributed by atoms with van der Waals surface area (Å²) in [6, 6.07) is 20.2. The van der Waals surface area contributed by atoms with Crippen LogP contribution in [-0.4, -0.2) is 28.9 Å². The second kappa shape index (κ2) is 8.46. The third kappa shape index (κ3) is 4.08. The van der Waals surface area contributed by atoms with E-state index in [2.05, 4.69) is 11.1 Å². The van der Waals surface area contributed by atoms with Gasteiger partial charge in [0.05, 0.1) is 11.5 Å². The molecule has 1 aliphatic heterocycles. The van der Waals surface area contributed by atoms with Crippen molar-refractivity contribution >= 4 is 5.91 Å². The van der Waals surface area contributed by atoms with Crippen molar-refractivity contribution in [1.82, 2.24) is 9.88 Å². The Morgan fingerprint density at radius 3 is 2.37 bits per heavy atom. The molecule has 0 aliphatic carbocycles. The molecule has 2 heterocycles. The number of rotatable bonds is 4. The van der Waals surface area contributed by atoms with E-state index >= 15 is 0 Å². The number of carbonyl (C=O) groups is 1. The Morgan fingerprint density at radius 2 is 1.70 bits per heavy atom. The van der Waals surface area contributed by atoms with E-state index in [1.165, 1.54) is 12.1 Å². The van der Waals surface area contributed by atoms with Crippen LogP contribution in [0, 0.1) is 22.6 Å². The zero-order chi connectivity index (χ0) is 21.0. The van der Waals surface area contributed by atoms with E-state index in [0.717, 1.165) is 16.7 Å². The summed E-state index contributed by atoms with van der Waals surface area (Å²) in [5.41, 5.74) is 2.91. The smallest absolute Gasteiger partial charge is 0.254 e. The third-order valence-corrected chi connectivity index (χ3v) is 5.85. The standard InChI is InChI=1S/C25H22FN3O/c26-21-7-5-19(6-8-21)17-25(18-27)11-15-29(16-12-25)24(30)23-4-2-1-3-22(23)20-9-13-28-14-10-20/h1-10,13-14H,11-12,15-17H2. The van der Waals surface area contributed by atoms with Gasteiger partial charge in [-0.05, 0) is 66.3 Å². The monoisotopic (exact) mass is 399 g/mol. The maximum absolute atomic E-state index is 13.3. The van der Waals surface area contributed by atoms with E-state index in [1.54, 1.807) is 24.5 Å². The normalized spacial score (nSPS) is 15.4. The molecule has 150 valence electrons. The Kier molecular flexibility index (Phi) is 5.58. The summed E-state index contributed by atoms with van der Waals surface area (Å²) in [4.78, 5) is 19.2. The van der Waals surface area contributed by atoms with Gasteiger partial charge in [-0.25, -0.2) is 4.39 Å². The summed E-state index contributed by atoms with van der Waals surface area (Å²) in [5.74, 6) is -0.297. The molecule has 0 unspecified atom stereocenters. The highest BCUT2D eigenvalue weighted by Gasteiger charge is 2.36. The number of likely N-dealkylation sites (tertiary alicyclic amines) is 1. The molecule has 1 aromatic heterocycles. The highest BCUT2D eigenvalue weighted by molar-refractivity contribution is 6.00. The number of halogens is 1. The van der Waals surface area contributed by atoms with Crippen LogP contribution in [0.25, 0.3) is 11.1 Å². The minimum Gasteiger partial charge on any atom is -0.339 e. The van der Waals surface area contributed by atoms with E-state index in [1.807, 2.05) is 41.3 Å². The van der Waals surface area contributed by atoms with Gasteiger partial charge in [0.1, 0.15) is 5.82 Å². The number of benzene rings is 2. The zero-order valence-electron chi connectivity index (χ0n) is 16.6. The molecule has 1 amide bonds. The van der Waals surface area contributed by atoms with Gasteiger partial charge in [-0.3, -0.25) is 9.78 Å². The van der Waals surface area contributed by atoms with Gasteiger partial charge in [0.25, 0.3) is 5.91 Å². The first kappa shape index (κ1) is 19.8. The molecule has 0 radical (unpaired) electrons. The number of hydrogen-bond donors (Lipinski definition) is 0. The van der Waals surface area contributed by atoms with Gasteiger partial charge in [0.15, 0.2) is 0 Å². The molecular weight excluding hydrogens is 377 g/mol. The largest absolute Gasteiger partial charge is 0.339 e. The molecule has 1 fully saturated rings. The van der Waals surface area contributed by atoms with Crippen LogP contribution in [0.15, 0.2) is 73.1 Å². The summed E-state index contributed by atoms with van der Waals surface area (Å²) in [6.07, 6.45) is 5.20. The Bertz CT molecular complexity index is 1070. The molecule has 3 aromatic rings. The van der Waals surface area contributed by atoms with Crippen LogP contribution in [0.2, 0.25) is 0 Å². The average molecular weight is 399 g/mol. The molecule has 0 N–H and O–H groups in total. The maximum atomic E-state index is 13.3. The van der Waals surface area contributed by atoms with Crippen LogP contribution in [0.1, 0.15) is 28.8 Å². The Morgan fingerprint density at radius 1 is 1.03 bits per heavy atom. The predicted molar refractivity (Wildman–Crippen MR) is 113 cm³/mol. The first-order chi connectivity index (χ1) is 14.6. The lowest BCUT2D eigenvalue weighted by molar-refractivity contribution is 0.0648. The maximum Gasteiger partial charge on any atom is 0.254 e. The van der Waals surface area contributed by atoms with Crippen LogP contribution < -0.4 is 0 Å². The molecule has 4 rings (SSSR count). The molecule has 0 spiro atoms. The van der Waals surface area contributed by atoms with Crippen LogP contribution in [0.4, 0.5) is 4.39 Å². The number of nitriles is 1. The summed E-state index contributed by atoms with van der Waals surface area (Å²) in [7, 11) is 0. The van der Waals surface area contributed by atoms with Crippen molar-refractivity contribution in [2.75, 3.05) is 13.1 Å². The highest BCUT2D eigenvalue weighted by Crippen LogP contribution is 2.35. The van der Waals surface area contributed by atoms with Crippen LogP contribution in [0.3, 0.4) is 0 Å². The van der Waals surface area contributed by atoms with Crippen molar-refractivity contribution in [2.24, 2.45) is 5.41 Å². The first-order valence-electron chi connectivity index (χ1n) is 10.0. The molecule has 1 saturated heterocycles. The second-order valence-electron chi connectivity index (χ2n) is 7.77. The molecule has 4 nitrogen and oxygen atoms in total. The number of nitrogens with zero attached hydrogens (tertiary/aromatic N) is 3. The summed E-state index contributed by atoms with van der Waals surface area (Å²) < 4.78 is 13.2. The Hall–Kier alpha value is -3.52. The fourth-order valence-electron chi connectivity index (χ4n) is 4.08. The molecule has 30 heavy (non-hydrogen) atoms. The fraction of sp³-hybridized carbons (Fsp3) is 0.240. The van der Waals surface area contributed by atoms with Gasteiger partial charge in [-0.2, -0.15) is 5.26 Å². The summed E-state index contributed by atoms with van der Waals surface area (Å²) >= 11 is 0. The lowest BCUT2D eigenvalue weighted by Crippen LogP contribution is -2.43. The minimum absolute atomic E-state index is 0.0178. The van der Waals surface area contributed by atoms with Gasteiger partial charge in [-0.1, -0.05) is 30.3 Å². The molecule has 5 heteroatoms. The fourth-order valence-corrected chi connectivity index (χ4v) is 4.08. The Balaban J connectivity index is 1.50. The van der Waals surface area contributed by atoms with Crippen LogP contribution >= 0.6 is 0 Å². The van der Waals surface area contributed by atoms with E-state index in [4.69, 9.17) is 0 Å². The number of aromatic nitrogens is 1. The summed E-state index contributed by atoms with van der Waals surface area (Å²) in [5, 5.41) is 9.86. The van der Waals surface area contributed by atoms with E-state index in [-0.39, 0.29) is 11.7 Å². The van der Waals surface area contributed by atoms with Crippen molar-refractivity contribution in [3.8, 4) is 17.2 Å². The van der Waals surface area contributed by atoms with E-state index in [9.17, 15) is 14.4 Å². The van der Waals surface area contributed by atoms with E-state index in [0.29, 0.717) is 37.9 Å². The topological polar surface area (TPSA) is 57.0 Å². The average Bonchev–Trinajstić information content (AvgIpc) is 2.81. The first-order valence-corrected chi connectivity index (χ1v) is 10.0. The van der Waals surface area contributed by atoms with Crippen molar-refractivity contribution < 1.29 is 9.18 Å². The van der Waals surface area contributed by atoms with Gasteiger partial charge in [0.2, 0.25) is 0 Å². The number of amides is 1. The highest BCUT2D eigenvalue weighted by atomic mass is 19.1. The van der Waals surface area contributed by atoms with Crippen molar-refractivity contribution in [2.45, 2.75) is 19.3 Å². The second-order valence-corrected chi connectivity index (χ2v) is 7.77. The summed E-state index contributed by atoms with van der Waals surface area (Å²) in [6.45, 7) is 1.05. The lowest BCUT2D eigenvalue weighted by Gasteiger charge is -2.37. The number of piperidine rings is 1. The molecule has 0 saturated carbocycles. The van der Waals surface area contributed by atoms with Gasteiger partial charge in [0, 0.05) is 31.0 Å². The molecular formula is C25H22FN3O. The van der Waals surface area contributed by atoms with Gasteiger partial charge < -0.3 is 4.90 Å². The zero-order valence-corrected chi connectivity index (χ0v) is 16.6. The molecule has 1 aliphatic rings. The number of pyridine rings is 1. The van der Waals surface area contributed by atoms with Crippen molar-refractivity contribution in [3.05, 3.63) is 90.0 Å². The van der Waals surface area contributed by atoms with Gasteiger partial charge in [-0.15, -0.1) is 0 Å². The molecule has 2 aromatic carbocycles. The van der Waals surface area contributed by atoms with Crippen LogP contribution in [-0.2, 0) is 6.42 Å². The predicted octanol–water partition coefficient (Wildman–Crippen LogP) is 4.88. The molecule has 0 atom stereocenters. The minimum atomic E-state index is -0.529. The SMILES string of the molecule is N#CC1(Cc2ccc(F)cc2)CCN(C(=O)c2ccccc2-c2ccncc2)CC1. The molecule has 0 bridgehead atoms. The van der Waals surface area contributed by atoms with Crippen LogP contribution in [0.5, 0.6) is 0 Å².